The molecule has 1 amide bonds. The Labute approximate surface area is 110 Å². The van der Waals surface area contributed by atoms with E-state index in [1.807, 2.05) is 6.92 Å². The number of halogens is 2. The van der Waals surface area contributed by atoms with E-state index in [2.05, 4.69) is 5.32 Å². The van der Waals surface area contributed by atoms with Crippen molar-refractivity contribution in [1.29, 1.82) is 0 Å². The van der Waals surface area contributed by atoms with E-state index in [1.165, 1.54) is 31.0 Å². The maximum atomic E-state index is 12.9. The predicted octanol–water partition coefficient (Wildman–Crippen LogP) is 2.77. The van der Waals surface area contributed by atoms with Gasteiger partial charge in [-0.2, -0.15) is 0 Å². The summed E-state index contributed by atoms with van der Waals surface area (Å²) in [6, 6.07) is 4.20. The zero-order chi connectivity index (χ0) is 13.1. The summed E-state index contributed by atoms with van der Waals surface area (Å²) < 4.78 is 18.1. The zero-order valence-corrected chi connectivity index (χ0v) is 10.8. The highest BCUT2D eigenvalue weighted by atomic mass is 35.5. The first-order valence-electron chi connectivity index (χ1n) is 5.93. The van der Waals surface area contributed by atoms with Gasteiger partial charge < -0.3 is 10.1 Å². The summed E-state index contributed by atoms with van der Waals surface area (Å²) in [6.45, 7) is 1.91. The average Bonchev–Trinajstić information content (AvgIpc) is 3.14. The predicted molar refractivity (Wildman–Crippen MR) is 67.2 cm³/mol. The summed E-state index contributed by atoms with van der Waals surface area (Å²) in [7, 11) is 0. The van der Waals surface area contributed by atoms with Crippen molar-refractivity contribution in [3.63, 3.8) is 0 Å². The Bertz CT molecular complexity index is 449. The summed E-state index contributed by atoms with van der Waals surface area (Å²) >= 11 is 5.61. The molecule has 5 heteroatoms. The molecule has 0 spiro atoms. The number of benzene rings is 1. The number of amides is 1. The molecule has 1 unspecified atom stereocenters. The first kappa shape index (κ1) is 13.1. The molecule has 0 saturated heterocycles. The third kappa shape index (κ3) is 3.60. The summed E-state index contributed by atoms with van der Waals surface area (Å²) in [5.41, 5.74) is 0. The molecule has 1 aliphatic carbocycles. The minimum Gasteiger partial charge on any atom is -0.484 e. The Morgan fingerprint density at radius 3 is 2.94 bits per heavy atom. The van der Waals surface area contributed by atoms with Crippen molar-refractivity contribution < 1.29 is 13.9 Å². The second kappa shape index (κ2) is 5.57. The Hall–Kier alpha value is -1.29. The van der Waals surface area contributed by atoms with Crippen molar-refractivity contribution in [2.45, 2.75) is 25.8 Å². The molecule has 0 aliphatic heterocycles. The van der Waals surface area contributed by atoms with Crippen LogP contribution < -0.4 is 10.1 Å². The van der Waals surface area contributed by atoms with Gasteiger partial charge in [-0.15, -0.1) is 0 Å². The molecular weight excluding hydrogens is 257 g/mol. The number of carbonyl (C=O) groups excluding carboxylic acids is 1. The fourth-order valence-corrected chi connectivity index (χ4v) is 1.90. The SMILES string of the molecule is CC(NC(=O)COc1ccc(F)c(Cl)c1)C1CC1. The Morgan fingerprint density at radius 2 is 2.33 bits per heavy atom. The van der Waals surface area contributed by atoms with Crippen LogP contribution in [0.2, 0.25) is 5.02 Å². The minimum absolute atomic E-state index is 0.0146. The summed E-state index contributed by atoms with van der Waals surface area (Å²) in [4.78, 5) is 11.6. The second-order valence-electron chi connectivity index (χ2n) is 4.56. The lowest BCUT2D eigenvalue weighted by Gasteiger charge is -2.13. The monoisotopic (exact) mass is 271 g/mol. The molecule has 2 rings (SSSR count). The van der Waals surface area contributed by atoms with Gasteiger partial charge in [-0.25, -0.2) is 4.39 Å². The van der Waals surface area contributed by atoms with Crippen LogP contribution in [0.1, 0.15) is 19.8 Å². The number of ether oxygens (including phenoxy) is 1. The highest BCUT2D eigenvalue weighted by Gasteiger charge is 2.28. The van der Waals surface area contributed by atoms with Gasteiger partial charge in [0.1, 0.15) is 11.6 Å². The van der Waals surface area contributed by atoms with Gasteiger partial charge in [-0.05, 0) is 37.8 Å². The normalized spacial score (nSPS) is 16.2. The van der Waals surface area contributed by atoms with Crippen LogP contribution in [0, 0.1) is 11.7 Å². The van der Waals surface area contributed by atoms with Gasteiger partial charge >= 0.3 is 0 Å². The van der Waals surface area contributed by atoms with E-state index in [9.17, 15) is 9.18 Å². The fourth-order valence-electron chi connectivity index (χ4n) is 1.73. The molecule has 18 heavy (non-hydrogen) atoms. The van der Waals surface area contributed by atoms with Gasteiger partial charge in [0.15, 0.2) is 6.61 Å². The van der Waals surface area contributed by atoms with E-state index < -0.39 is 5.82 Å². The molecule has 98 valence electrons. The molecule has 1 fully saturated rings. The molecule has 0 heterocycles. The van der Waals surface area contributed by atoms with Crippen molar-refractivity contribution in [3.05, 3.63) is 29.0 Å². The van der Waals surface area contributed by atoms with E-state index in [1.54, 1.807) is 0 Å². The zero-order valence-electron chi connectivity index (χ0n) is 10.1. The number of rotatable bonds is 5. The maximum Gasteiger partial charge on any atom is 0.258 e. The smallest absolute Gasteiger partial charge is 0.258 e. The highest BCUT2D eigenvalue weighted by Crippen LogP contribution is 2.32. The molecule has 1 aromatic rings. The molecule has 1 atom stereocenters. The number of carbonyl (C=O) groups is 1. The van der Waals surface area contributed by atoms with Crippen molar-refractivity contribution in [2.24, 2.45) is 5.92 Å². The van der Waals surface area contributed by atoms with Crippen molar-refractivity contribution in [2.75, 3.05) is 6.61 Å². The molecular formula is C13H15ClFNO2. The van der Waals surface area contributed by atoms with Crippen LogP contribution in [0.4, 0.5) is 4.39 Å². The van der Waals surface area contributed by atoms with Crippen LogP contribution in [0.25, 0.3) is 0 Å². The molecule has 0 radical (unpaired) electrons. The van der Waals surface area contributed by atoms with Crippen molar-refractivity contribution in [3.8, 4) is 5.75 Å². The number of hydrogen-bond donors (Lipinski definition) is 1. The van der Waals surface area contributed by atoms with Gasteiger partial charge in [-0.1, -0.05) is 11.6 Å². The van der Waals surface area contributed by atoms with Gasteiger partial charge in [0.25, 0.3) is 5.91 Å². The first-order chi connectivity index (χ1) is 8.56. The lowest BCUT2D eigenvalue weighted by Crippen LogP contribution is -2.37. The second-order valence-corrected chi connectivity index (χ2v) is 4.97. The largest absolute Gasteiger partial charge is 0.484 e. The quantitative estimate of drug-likeness (QED) is 0.894. The Morgan fingerprint density at radius 1 is 1.61 bits per heavy atom. The van der Waals surface area contributed by atoms with E-state index in [0.29, 0.717) is 11.7 Å². The van der Waals surface area contributed by atoms with Crippen molar-refractivity contribution >= 4 is 17.5 Å². The van der Waals surface area contributed by atoms with E-state index in [0.717, 1.165) is 0 Å². The first-order valence-corrected chi connectivity index (χ1v) is 6.31. The van der Waals surface area contributed by atoms with E-state index >= 15 is 0 Å². The van der Waals surface area contributed by atoms with E-state index in [-0.39, 0.29) is 23.6 Å². The van der Waals surface area contributed by atoms with Crippen LogP contribution in [-0.4, -0.2) is 18.6 Å². The summed E-state index contributed by atoms with van der Waals surface area (Å²) in [5, 5.41) is 2.85. The van der Waals surface area contributed by atoms with Crippen LogP contribution in [0.5, 0.6) is 5.75 Å². The standard InChI is InChI=1S/C13H15ClFNO2/c1-8(9-2-3-9)16-13(17)7-18-10-4-5-12(15)11(14)6-10/h4-6,8-9H,2-3,7H2,1H3,(H,16,17). The topological polar surface area (TPSA) is 38.3 Å². The molecule has 1 aromatic carbocycles. The lowest BCUT2D eigenvalue weighted by molar-refractivity contribution is -0.123. The van der Waals surface area contributed by atoms with Crippen LogP contribution in [-0.2, 0) is 4.79 Å². The Balaban J connectivity index is 1.79. The number of hydrogen-bond acceptors (Lipinski definition) is 2. The molecule has 3 nitrogen and oxygen atoms in total. The van der Waals surface area contributed by atoms with Gasteiger partial charge in [0, 0.05) is 12.1 Å². The number of nitrogens with one attached hydrogen (secondary N) is 1. The minimum atomic E-state index is -0.504. The molecule has 0 bridgehead atoms. The van der Waals surface area contributed by atoms with E-state index in [4.69, 9.17) is 16.3 Å². The third-order valence-corrected chi connectivity index (χ3v) is 3.27. The summed E-state index contributed by atoms with van der Waals surface area (Å²) in [6.07, 6.45) is 2.35. The maximum absolute atomic E-state index is 12.9. The lowest BCUT2D eigenvalue weighted by atomic mass is 10.2. The van der Waals surface area contributed by atoms with Crippen molar-refractivity contribution in [1.82, 2.24) is 5.32 Å². The fraction of sp³-hybridized carbons (Fsp3) is 0.462. The molecule has 0 aromatic heterocycles. The Kier molecular flexibility index (Phi) is 4.07. The van der Waals surface area contributed by atoms with Gasteiger partial charge in [0.2, 0.25) is 0 Å². The molecule has 1 N–H and O–H groups in total. The highest BCUT2D eigenvalue weighted by molar-refractivity contribution is 6.30. The van der Waals surface area contributed by atoms with Crippen LogP contribution in [0.3, 0.4) is 0 Å². The summed E-state index contributed by atoms with van der Waals surface area (Å²) in [5.74, 6) is 0.315. The van der Waals surface area contributed by atoms with Crippen LogP contribution in [0.15, 0.2) is 18.2 Å². The van der Waals surface area contributed by atoms with Crippen LogP contribution >= 0.6 is 11.6 Å². The average molecular weight is 272 g/mol. The third-order valence-electron chi connectivity index (χ3n) is 2.98. The molecule has 1 saturated carbocycles. The van der Waals surface area contributed by atoms with Gasteiger partial charge in [0.05, 0.1) is 5.02 Å². The van der Waals surface area contributed by atoms with Gasteiger partial charge in [-0.3, -0.25) is 4.79 Å². The molecule has 1 aliphatic rings.